The van der Waals surface area contributed by atoms with Crippen LogP contribution in [0.5, 0.6) is 0 Å². The van der Waals surface area contributed by atoms with E-state index in [9.17, 15) is 23.1 Å². The molecular formula is C12H20F3NO2. The first-order chi connectivity index (χ1) is 8.03. The Morgan fingerprint density at radius 3 is 2.39 bits per heavy atom. The fraction of sp³-hybridized carbons (Fsp3) is 0.917. The molecule has 18 heavy (non-hydrogen) atoms. The first-order valence-electron chi connectivity index (χ1n) is 6.12. The number of hydrogen-bond acceptors (Lipinski definition) is 2. The van der Waals surface area contributed by atoms with Gasteiger partial charge in [-0.15, -0.1) is 0 Å². The number of aliphatic hydroxyl groups is 1. The van der Waals surface area contributed by atoms with Crippen molar-refractivity contribution >= 4 is 5.91 Å². The molecule has 0 aliphatic carbocycles. The zero-order valence-corrected chi connectivity index (χ0v) is 11.0. The van der Waals surface area contributed by atoms with Gasteiger partial charge >= 0.3 is 6.18 Å². The molecular weight excluding hydrogens is 247 g/mol. The summed E-state index contributed by atoms with van der Waals surface area (Å²) in [6, 6.07) is 0. The molecule has 1 N–H and O–H groups in total. The van der Waals surface area contributed by atoms with Gasteiger partial charge in [0.25, 0.3) is 0 Å². The highest BCUT2D eigenvalue weighted by molar-refractivity contribution is 5.82. The lowest BCUT2D eigenvalue weighted by molar-refractivity contribution is -0.273. The van der Waals surface area contributed by atoms with Crippen molar-refractivity contribution in [2.24, 2.45) is 5.41 Å². The van der Waals surface area contributed by atoms with E-state index >= 15 is 0 Å². The van der Waals surface area contributed by atoms with E-state index in [-0.39, 0.29) is 25.3 Å². The van der Waals surface area contributed by atoms with Crippen LogP contribution in [0.25, 0.3) is 0 Å². The van der Waals surface area contributed by atoms with E-state index in [0.717, 1.165) is 4.90 Å². The normalized spacial score (nSPS) is 26.3. The Kier molecular flexibility index (Phi) is 4.00. The number of carbonyl (C=O) groups is 1. The lowest BCUT2D eigenvalue weighted by Gasteiger charge is -2.42. The fourth-order valence-electron chi connectivity index (χ4n) is 2.02. The SMILES string of the molecule is CCC(C)(C)C(=O)N1CCCC(O)(C(F)(F)F)C1. The van der Waals surface area contributed by atoms with Gasteiger partial charge in [0.2, 0.25) is 5.91 Å². The van der Waals surface area contributed by atoms with Gasteiger partial charge in [0.15, 0.2) is 5.60 Å². The molecule has 0 aromatic rings. The van der Waals surface area contributed by atoms with Crippen LogP contribution in [0.4, 0.5) is 13.2 Å². The first-order valence-corrected chi connectivity index (χ1v) is 6.12. The van der Waals surface area contributed by atoms with E-state index in [4.69, 9.17) is 0 Å². The summed E-state index contributed by atoms with van der Waals surface area (Å²) in [5, 5.41) is 9.65. The van der Waals surface area contributed by atoms with Crippen molar-refractivity contribution in [3.8, 4) is 0 Å². The Morgan fingerprint density at radius 2 is 1.94 bits per heavy atom. The minimum atomic E-state index is -4.69. The average molecular weight is 267 g/mol. The van der Waals surface area contributed by atoms with Crippen LogP contribution in [-0.4, -0.2) is 40.8 Å². The smallest absolute Gasteiger partial charge is 0.379 e. The molecule has 0 bridgehead atoms. The van der Waals surface area contributed by atoms with Crippen molar-refractivity contribution in [1.29, 1.82) is 0 Å². The number of alkyl halides is 3. The van der Waals surface area contributed by atoms with Gasteiger partial charge in [-0.2, -0.15) is 13.2 Å². The molecule has 1 heterocycles. The van der Waals surface area contributed by atoms with Crippen LogP contribution < -0.4 is 0 Å². The van der Waals surface area contributed by atoms with E-state index in [1.807, 2.05) is 6.92 Å². The summed E-state index contributed by atoms with van der Waals surface area (Å²) in [5.41, 5.74) is -3.45. The maximum atomic E-state index is 12.8. The third-order valence-corrected chi connectivity index (χ3v) is 3.75. The summed E-state index contributed by atoms with van der Waals surface area (Å²) in [4.78, 5) is 13.3. The van der Waals surface area contributed by atoms with Gasteiger partial charge < -0.3 is 10.0 Å². The first kappa shape index (κ1) is 15.3. The Bertz CT molecular complexity index is 328. The number of amides is 1. The monoisotopic (exact) mass is 267 g/mol. The molecule has 1 fully saturated rings. The Balaban J connectivity index is 2.86. The molecule has 106 valence electrons. The molecule has 1 aliphatic heterocycles. The van der Waals surface area contributed by atoms with Crippen LogP contribution in [-0.2, 0) is 4.79 Å². The molecule has 1 amide bonds. The van der Waals surface area contributed by atoms with Crippen molar-refractivity contribution in [3.63, 3.8) is 0 Å². The highest BCUT2D eigenvalue weighted by Crippen LogP contribution is 2.38. The fourth-order valence-corrected chi connectivity index (χ4v) is 2.02. The number of piperidine rings is 1. The second-order valence-electron chi connectivity index (χ2n) is 5.60. The van der Waals surface area contributed by atoms with Crippen LogP contribution in [0.1, 0.15) is 40.0 Å². The Morgan fingerprint density at radius 1 is 1.39 bits per heavy atom. The molecule has 0 aromatic heterocycles. The summed E-state index contributed by atoms with van der Waals surface area (Å²) < 4.78 is 38.3. The molecule has 3 nitrogen and oxygen atoms in total. The highest BCUT2D eigenvalue weighted by atomic mass is 19.4. The summed E-state index contributed by atoms with van der Waals surface area (Å²) in [6.07, 6.45) is -4.32. The van der Waals surface area contributed by atoms with Crippen molar-refractivity contribution < 1.29 is 23.1 Å². The van der Waals surface area contributed by atoms with Crippen molar-refractivity contribution in [2.75, 3.05) is 13.1 Å². The summed E-state index contributed by atoms with van der Waals surface area (Å²) in [7, 11) is 0. The van der Waals surface area contributed by atoms with Crippen molar-refractivity contribution in [1.82, 2.24) is 4.90 Å². The molecule has 0 spiro atoms. The van der Waals surface area contributed by atoms with Crippen LogP contribution in [0.2, 0.25) is 0 Å². The van der Waals surface area contributed by atoms with Gasteiger partial charge in [-0.05, 0) is 19.3 Å². The number of carbonyl (C=O) groups excluding carboxylic acids is 1. The number of hydrogen-bond donors (Lipinski definition) is 1. The molecule has 0 radical (unpaired) electrons. The molecule has 0 aromatic carbocycles. The summed E-state index contributed by atoms with van der Waals surface area (Å²) in [6.45, 7) is 4.85. The Hall–Kier alpha value is -0.780. The van der Waals surface area contributed by atoms with Crippen LogP contribution >= 0.6 is 0 Å². The minimum absolute atomic E-state index is 0.168. The number of halogens is 3. The predicted octanol–water partition coefficient (Wildman–Crippen LogP) is 2.34. The van der Waals surface area contributed by atoms with Gasteiger partial charge in [0, 0.05) is 12.0 Å². The number of β-amino-alcohol motifs (C(OH)–C–C–N with tert-alkyl or cyclic N) is 1. The average Bonchev–Trinajstić information content (AvgIpc) is 2.26. The maximum Gasteiger partial charge on any atom is 0.418 e. The van der Waals surface area contributed by atoms with Gasteiger partial charge in [-0.25, -0.2) is 0 Å². The van der Waals surface area contributed by atoms with Crippen molar-refractivity contribution in [2.45, 2.75) is 51.8 Å². The molecule has 1 rings (SSSR count). The molecule has 0 saturated carbocycles. The molecule has 1 unspecified atom stereocenters. The van der Waals surface area contributed by atoms with Crippen LogP contribution in [0, 0.1) is 5.41 Å². The second-order valence-corrected chi connectivity index (χ2v) is 5.60. The van der Waals surface area contributed by atoms with Gasteiger partial charge in [-0.3, -0.25) is 4.79 Å². The number of nitrogens with zero attached hydrogens (tertiary/aromatic N) is 1. The Labute approximate surface area is 105 Å². The zero-order chi connectivity index (χ0) is 14.2. The van der Waals surface area contributed by atoms with Gasteiger partial charge in [0.05, 0.1) is 6.54 Å². The molecule has 1 saturated heterocycles. The molecule has 1 aliphatic rings. The van der Waals surface area contributed by atoms with E-state index in [1.54, 1.807) is 13.8 Å². The molecule has 1 atom stereocenters. The lowest BCUT2D eigenvalue weighted by Crippen LogP contribution is -2.59. The van der Waals surface area contributed by atoms with Crippen molar-refractivity contribution in [3.05, 3.63) is 0 Å². The largest absolute Gasteiger partial charge is 0.418 e. The van der Waals surface area contributed by atoms with Crippen LogP contribution in [0.15, 0.2) is 0 Å². The minimum Gasteiger partial charge on any atom is -0.379 e. The van der Waals surface area contributed by atoms with Crippen LogP contribution in [0.3, 0.4) is 0 Å². The molecule has 6 heteroatoms. The summed E-state index contributed by atoms with van der Waals surface area (Å²) >= 11 is 0. The zero-order valence-electron chi connectivity index (χ0n) is 11.0. The lowest BCUT2D eigenvalue weighted by atomic mass is 9.85. The van der Waals surface area contributed by atoms with Gasteiger partial charge in [-0.1, -0.05) is 20.8 Å². The topological polar surface area (TPSA) is 40.5 Å². The predicted molar refractivity (Wildman–Crippen MR) is 60.9 cm³/mol. The third kappa shape index (κ3) is 2.79. The third-order valence-electron chi connectivity index (χ3n) is 3.75. The quantitative estimate of drug-likeness (QED) is 0.834. The summed E-state index contributed by atoms with van der Waals surface area (Å²) in [5.74, 6) is -0.327. The second kappa shape index (κ2) is 4.72. The van der Waals surface area contributed by atoms with E-state index in [0.29, 0.717) is 6.42 Å². The standard InChI is InChI=1S/C12H20F3NO2/c1-4-10(2,3)9(17)16-7-5-6-11(18,8-16)12(13,14)15/h18H,4-8H2,1-3H3. The number of rotatable bonds is 2. The van der Waals surface area contributed by atoms with Gasteiger partial charge in [0.1, 0.15) is 0 Å². The van der Waals surface area contributed by atoms with E-state index < -0.39 is 23.7 Å². The van der Waals surface area contributed by atoms with E-state index in [2.05, 4.69) is 0 Å². The maximum absolute atomic E-state index is 12.8. The highest BCUT2D eigenvalue weighted by Gasteiger charge is 2.56. The van der Waals surface area contributed by atoms with E-state index in [1.165, 1.54) is 0 Å². The number of likely N-dealkylation sites (tertiary alicyclic amines) is 1.